The first-order valence-corrected chi connectivity index (χ1v) is 5.48. The van der Waals surface area contributed by atoms with Crippen LogP contribution >= 0.6 is 0 Å². The van der Waals surface area contributed by atoms with Crippen LogP contribution < -0.4 is 16.4 Å². The van der Waals surface area contributed by atoms with Gasteiger partial charge in [-0.2, -0.15) is 0 Å². The molecule has 6 nitrogen and oxygen atoms in total. The summed E-state index contributed by atoms with van der Waals surface area (Å²) in [5.41, 5.74) is 5.59. The van der Waals surface area contributed by atoms with E-state index in [1.807, 2.05) is 0 Å². The molecule has 1 unspecified atom stereocenters. The second kappa shape index (κ2) is 6.82. The van der Waals surface area contributed by atoms with Gasteiger partial charge in [-0.05, 0) is 19.1 Å². The monoisotopic (exact) mass is 238 g/mol. The predicted molar refractivity (Wildman–Crippen MR) is 65.8 cm³/mol. The molecule has 17 heavy (non-hydrogen) atoms. The Morgan fingerprint density at radius 1 is 1.59 bits per heavy atom. The van der Waals surface area contributed by atoms with Crippen LogP contribution in [0.4, 0.5) is 5.82 Å². The van der Waals surface area contributed by atoms with Crippen molar-refractivity contribution in [2.45, 2.75) is 13.0 Å². The number of rotatable bonds is 7. The standard InChI is InChI=1S/C11H18N4O2/c1-8(16)7-13-4-5-15-10-6-9(11(12)17)2-3-14-10/h2-3,6,8,13,16H,4-5,7H2,1H3,(H2,12,17)(H,14,15). The van der Waals surface area contributed by atoms with E-state index >= 15 is 0 Å². The first-order chi connectivity index (χ1) is 8.09. The number of nitrogens with one attached hydrogen (secondary N) is 2. The first-order valence-electron chi connectivity index (χ1n) is 5.48. The number of nitrogens with zero attached hydrogens (tertiary/aromatic N) is 1. The molecule has 0 fully saturated rings. The molecule has 0 aliphatic rings. The lowest BCUT2D eigenvalue weighted by atomic mass is 10.2. The Labute approximate surface area is 100 Å². The molecule has 5 N–H and O–H groups in total. The average molecular weight is 238 g/mol. The Balaban J connectivity index is 2.31. The Kier molecular flexibility index (Phi) is 5.38. The van der Waals surface area contributed by atoms with Crippen molar-refractivity contribution in [3.63, 3.8) is 0 Å². The fourth-order valence-electron chi connectivity index (χ4n) is 1.27. The highest BCUT2D eigenvalue weighted by Gasteiger charge is 2.01. The van der Waals surface area contributed by atoms with Gasteiger partial charge in [0.1, 0.15) is 5.82 Å². The topological polar surface area (TPSA) is 100 Å². The van der Waals surface area contributed by atoms with Gasteiger partial charge in [0.05, 0.1) is 6.10 Å². The number of hydrogen-bond acceptors (Lipinski definition) is 5. The third-order valence-corrected chi connectivity index (χ3v) is 2.09. The average Bonchev–Trinajstić information content (AvgIpc) is 2.28. The summed E-state index contributed by atoms with van der Waals surface area (Å²) in [5, 5.41) is 15.1. The molecule has 1 aromatic rings. The lowest BCUT2D eigenvalue weighted by molar-refractivity contribution is 0.1000. The van der Waals surface area contributed by atoms with Crippen LogP contribution in [0.15, 0.2) is 18.3 Å². The van der Waals surface area contributed by atoms with Gasteiger partial charge in [0.15, 0.2) is 0 Å². The van der Waals surface area contributed by atoms with Crippen molar-refractivity contribution < 1.29 is 9.90 Å². The number of aromatic nitrogens is 1. The maximum Gasteiger partial charge on any atom is 0.248 e. The fraction of sp³-hybridized carbons (Fsp3) is 0.455. The van der Waals surface area contributed by atoms with Crippen molar-refractivity contribution in [1.82, 2.24) is 10.3 Å². The van der Waals surface area contributed by atoms with Crippen molar-refractivity contribution in [3.8, 4) is 0 Å². The van der Waals surface area contributed by atoms with E-state index in [2.05, 4.69) is 15.6 Å². The number of amides is 1. The number of carbonyl (C=O) groups is 1. The summed E-state index contributed by atoms with van der Waals surface area (Å²) in [7, 11) is 0. The van der Waals surface area contributed by atoms with Crippen molar-refractivity contribution >= 4 is 11.7 Å². The summed E-state index contributed by atoms with van der Waals surface area (Å²) < 4.78 is 0. The number of carbonyl (C=O) groups excluding carboxylic acids is 1. The van der Waals surface area contributed by atoms with Crippen LogP contribution in [0.3, 0.4) is 0 Å². The molecule has 0 radical (unpaired) electrons. The smallest absolute Gasteiger partial charge is 0.248 e. The van der Waals surface area contributed by atoms with E-state index in [0.29, 0.717) is 31.0 Å². The van der Waals surface area contributed by atoms with Crippen LogP contribution in [0.1, 0.15) is 17.3 Å². The molecule has 1 rings (SSSR count). The number of hydrogen-bond donors (Lipinski definition) is 4. The van der Waals surface area contributed by atoms with Gasteiger partial charge in [0.2, 0.25) is 5.91 Å². The van der Waals surface area contributed by atoms with E-state index in [4.69, 9.17) is 10.8 Å². The lowest BCUT2D eigenvalue weighted by Gasteiger charge is -2.08. The minimum atomic E-state index is -0.470. The van der Waals surface area contributed by atoms with Crippen molar-refractivity contribution in [1.29, 1.82) is 0 Å². The Bertz CT molecular complexity index is 368. The second-order valence-corrected chi connectivity index (χ2v) is 3.77. The summed E-state index contributed by atoms with van der Waals surface area (Å²) in [5.74, 6) is 0.142. The molecule has 0 aromatic carbocycles. The molecule has 0 saturated heterocycles. The SMILES string of the molecule is CC(O)CNCCNc1cc(C(N)=O)ccn1. The fourth-order valence-corrected chi connectivity index (χ4v) is 1.27. The lowest BCUT2D eigenvalue weighted by Crippen LogP contribution is -2.29. The van der Waals surface area contributed by atoms with Gasteiger partial charge in [-0.15, -0.1) is 0 Å². The van der Waals surface area contributed by atoms with Crippen LogP contribution in [-0.2, 0) is 0 Å². The van der Waals surface area contributed by atoms with Gasteiger partial charge in [-0.1, -0.05) is 0 Å². The van der Waals surface area contributed by atoms with Gasteiger partial charge in [0, 0.05) is 31.4 Å². The molecule has 0 spiro atoms. The van der Waals surface area contributed by atoms with Gasteiger partial charge < -0.3 is 21.5 Å². The third-order valence-electron chi connectivity index (χ3n) is 2.09. The Morgan fingerprint density at radius 3 is 3.00 bits per heavy atom. The minimum absolute atomic E-state index is 0.355. The maximum atomic E-state index is 10.9. The highest BCUT2D eigenvalue weighted by Crippen LogP contribution is 2.05. The van der Waals surface area contributed by atoms with Gasteiger partial charge >= 0.3 is 0 Å². The van der Waals surface area contributed by atoms with Crippen molar-refractivity contribution in [2.75, 3.05) is 25.0 Å². The van der Waals surface area contributed by atoms with Gasteiger partial charge in [0.25, 0.3) is 0 Å². The third kappa shape index (κ3) is 5.28. The van der Waals surface area contributed by atoms with E-state index in [0.717, 1.165) is 0 Å². The highest BCUT2D eigenvalue weighted by atomic mass is 16.3. The minimum Gasteiger partial charge on any atom is -0.392 e. The number of aliphatic hydroxyl groups excluding tert-OH is 1. The van der Waals surface area contributed by atoms with Crippen molar-refractivity contribution in [2.24, 2.45) is 5.73 Å². The van der Waals surface area contributed by atoms with E-state index in [1.165, 1.54) is 6.20 Å². The zero-order chi connectivity index (χ0) is 12.7. The van der Waals surface area contributed by atoms with Crippen LogP contribution in [0.25, 0.3) is 0 Å². The summed E-state index contributed by atoms with van der Waals surface area (Å²) in [6.07, 6.45) is 1.18. The highest BCUT2D eigenvalue weighted by molar-refractivity contribution is 5.93. The van der Waals surface area contributed by atoms with E-state index in [9.17, 15) is 4.79 Å². The zero-order valence-electron chi connectivity index (χ0n) is 9.81. The van der Waals surface area contributed by atoms with E-state index < -0.39 is 5.91 Å². The van der Waals surface area contributed by atoms with E-state index in [-0.39, 0.29) is 6.10 Å². The maximum absolute atomic E-state index is 10.9. The van der Waals surface area contributed by atoms with Crippen molar-refractivity contribution in [3.05, 3.63) is 23.9 Å². The number of pyridine rings is 1. The van der Waals surface area contributed by atoms with Gasteiger partial charge in [-0.25, -0.2) is 4.98 Å². The molecule has 0 saturated carbocycles. The number of nitrogens with two attached hydrogens (primary N) is 1. The Hall–Kier alpha value is -1.66. The van der Waals surface area contributed by atoms with Crippen LogP contribution in [0.2, 0.25) is 0 Å². The Morgan fingerprint density at radius 2 is 2.35 bits per heavy atom. The van der Waals surface area contributed by atoms with E-state index in [1.54, 1.807) is 19.1 Å². The number of aliphatic hydroxyl groups is 1. The molecular formula is C11H18N4O2. The summed E-state index contributed by atoms with van der Waals surface area (Å²) in [6, 6.07) is 3.18. The molecular weight excluding hydrogens is 220 g/mol. The van der Waals surface area contributed by atoms with Crippen LogP contribution in [0, 0.1) is 0 Å². The molecule has 1 atom stereocenters. The normalized spacial score (nSPS) is 12.1. The summed E-state index contributed by atoms with van der Waals surface area (Å²) in [4.78, 5) is 15.0. The second-order valence-electron chi connectivity index (χ2n) is 3.77. The van der Waals surface area contributed by atoms with Crippen LogP contribution in [-0.4, -0.2) is 41.7 Å². The van der Waals surface area contributed by atoms with Crippen LogP contribution in [0.5, 0.6) is 0 Å². The molecule has 1 amide bonds. The molecule has 6 heteroatoms. The largest absolute Gasteiger partial charge is 0.392 e. The quantitative estimate of drug-likeness (QED) is 0.483. The molecule has 0 aliphatic carbocycles. The number of primary amides is 1. The molecule has 1 heterocycles. The van der Waals surface area contributed by atoms with Gasteiger partial charge in [-0.3, -0.25) is 4.79 Å². The first kappa shape index (κ1) is 13.4. The zero-order valence-corrected chi connectivity index (χ0v) is 9.81. The molecule has 94 valence electrons. The predicted octanol–water partition coefficient (Wildman–Crippen LogP) is -0.437. The molecule has 0 aliphatic heterocycles. The summed E-state index contributed by atoms with van der Waals surface area (Å²) >= 11 is 0. The molecule has 1 aromatic heterocycles. The molecule has 0 bridgehead atoms. The number of anilines is 1. The summed E-state index contributed by atoms with van der Waals surface area (Å²) in [6.45, 7) is 3.63.